The predicted molar refractivity (Wildman–Crippen MR) is 102 cm³/mol. The molecule has 2 saturated carbocycles. The van der Waals surface area contributed by atoms with Crippen molar-refractivity contribution in [2.45, 2.75) is 50.6 Å². The van der Waals surface area contributed by atoms with Crippen LogP contribution in [0.4, 0.5) is 17.6 Å². The lowest BCUT2D eigenvalue weighted by molar-refractivity contribution is 0.0923. The molecule has 2 aliphatic carbocycles. The lowest BCUT2D eigenvalue weighted by Crippen LogP contribution is -2.31. The van der Waals surface area contributed by atoms with Crippen LogP contribution in [0.25, 0.3) is 11.0 Å². The summed E-state index contributed by atoms with van der Waals surface area (Å²) in [6, 6.07) is 1.83. The van der Waals surface area contributed by atoms with Crippen molar-refractivity contribution in [3.63, 3.8) is 0 Å². The van der Waals surface area contributed by atoms with Gasteiger partial charge in [-0.1, -0.05) is 12.8 Å². The first kappa shape index (κ1) is 19.9. The van der Waals surface area contributed by atoms with E-state index in [4.69, 9.17) is 0 Å². The summed E-state index contributed by atoms with van der Waals surface area (Å²) in [5, 5.41) is 2.88. The first-order valence-corrected chi connectivity index (χ1v) is 10.2. The van der Waals surface area contributed by atoms with Gasteiger partial charge in [0.25, 0.3) is 12.3 Å². The van der Waals surface area contributed by atoms with E-state index in [9.17, 15) is 22.4 Å². The van der Waals surface area contributed by atoms with Gasteiger partial charge in [-0.15, -0.1) is 0 Å². The van der Waals surface area contributed by atoms with Crippen LogP contribution in [0.1, 0.15) is 72.6 Å². The van der Waals surface area contributed by atoms with Gasteiger partial charge >= 0.3 is 0 Å². The van der Waals surface area contributed by atoms with Gasteiger partial charge in [0, 0.05) is 18.2 Å². The highest BCUT2D eigenvalue weighted by Gasteiger charge is 2.35. The minimum Gasteiger partial charge on any atom is -0.341 e. The van der Waals surface area contributed by atoms with Gasteiger partial charge in [-0.25, -0.2) is 27.5 Å². The smallest absolute Gasteiger partial charge is 0.281 e. The number of halogens is 4. The fourth-order valence-electron chi connectivity index (χ4n) is 3.79. The van der Waals surface area contributed by atoms with Crippen LogP contribution in [0.2, 0.25) is 0 Å². The summed E-state index contributed by atoms with van der Waals surface area (Å²) in [7, 11) is 0. The van der Waals surface area contributed by atoms with E-state index < -0.39 is 35.7 Å². The topological polar surface area (TPSA) is 72.7 Å². The van der Waals surface area contributed by atoms with Crippen LogP contribution in [0.5, 0.6) is 0 Å². The van der Waals surface area contributed by atoms with Crippen molar-refractivity contribution in [1.29, 1.82) is 0 Å². The van der Waals surface area contributed by atoms with Crippen molar-refractivity contribution in [2.75, 3.05) is 0 Å². The van der Waals surface area contributed by atoms with Crippen molar-refractivity contribution in [2.24, 2.45) is 5.92 Å². The minimum atomic E-state index is -2.77. The molecule has 1 aromatic carbocycles. The maximum atomic E-state index is 13.9. The Morgan fingerprint density at radius 2 is 1.84 bits per heavy atom. The molecular weight excluding hydrogens is 414 g/mol. The number of aromatic nitrogens is 4. The van der Waals surface area contributed by atoms with E-state index >= 15 is 0 Å². The molecule has 162 valence electrons. The Kier molecular flexibility index (Phi) is 4.86. The van der Waals surface area contributed by atoms with Crippen molar-refractivity contribution in [3.8, 4) is 0 Å². The Morgan fingerprint density at radius 1 is 1.10 bits per heavy atom. The molecule has 10 heteroatoms. The number of hydrogen-bond acceptors (Lipinski definition) is 4. The van der Waals surface area contributed by atoms with Gasteiger partial charge < -0.3 is 9.88 Å². The summed E-state index contributed by atoms with van der Waals surface area (Å²) in [5.41, 5.74) is 0.228. The van der Waals surface area contributed by atoms with E-state index in [-0.39, 0.29) is 11.7 Å². The maximum absolute atomic E-state index is 13.9. The number of hydrogen-bond donors (Lipinski definition) is 1. The predicted octanol–water partition coefficient (Wildman–Crippen LogP) is 4.65. The molecule has 31 heavy (non-hydrogen) atoms. The second-order valence-corrected chi connectivity index (χ2v) is 8.16. The maximum Gasteiger partial charge on any atom is 0.281 e. The van der Waals surface area contributed by atoms with E-state index in [2.05, 4.69) is 20.3 Å². The quantitative estimate of drug-likeness (QED) is 0.551. The van der Waals surface area contributed by atoms with Gasteiger partial charge in [0.1, 0.15) is 17.2 Å². The van der Waals surface area contributed by atoms with E-state index in [1.165, 1.54) is 0 Å². The number of fused-ring (bicyclic) bond motifs is 1. The van der Waals surface area contributed by atoms with E-state index in [1.807, 2.05) is 4.57 Å². The van der Waals surface area contributed by atoms with Gasteiger partial charge in [-0.3, -0.25) is 9.78 Å². The van der Waals surface area contributed by atoms with Crippen molar-refractivity contribution in [3.05, 3.63) is 53.4 Å². The molecule has 0 radical (unpaired) electrons. The van der Waals surface area contributed by atoms with Crippen LogP contribution >= 0.6 is 0 Å². The Balaban J connectivity index is 1.49. The molecule has 1 amide bonds. The second-order valence-electron chi connectivity index (χ2n) is 8.16. The summed E-state index contributed by atoms with van der Waals surface area (Å²) >= 11 is 0. The highest BCUT2D eigenvalue weighted by molar-refractivity contribution is 5.92. The number of carbonyl (C=O) groups excluding carboxylic acids is 1. The molecule has 2 fully saturated rings. The fraction of sp³-hybridized carbons (Fsp3) is 0.429. The van der Waals surface area contributed by atoms with Crippen molar-refractivity contribution < 1.29 is 22.4 Å². The molecular formula is C21H19F4N5O. The molecule has 2 aliphatic rings. The summed E-state index contributed by atoms with van der Waals surface area (Å²) in [6.45, 7) is 0. The van der Waals surface area contributed by atoms with Gasteiger partial charge in [0.2, 0.25) is 0 Å². The highest BCUT2D eigenvalue weighted by Crippen LogP contribution is 2.43. The monoisotopic (exact) mass is 433 g/mol. The number of carbonyl (C=O) groups is 1. The molecule has 0 spiro atoms. The second kappa shape index (κ2) is 7.58. The fourth-order valence-corrected chi connectivity index (χ4v) is 3.79. The third kappa shape index (κ3) is 3.98. The molecule has 0 aliphatic heterocycles. The Labute approximate surface area is 174 Å². The largest absolute Gasteiger partial charge is 0.341 e. The standard InChI is InChI=1S/C21H19F4N5O/c22-12-6-14-18(7-13(12)23)30(11-3-4-11)20(28-14)15(5-10-1-2-10)29-21(31)17-9-26-16(8-27-17)19(24)25/h6-11,15,19H,1-5H2,(H,29,31)/t15-/m0/s1. The summed E-state index contributed by atoms with van der Waals surface area (Å²) in [5.74, 6) is -1.53. The molecule has 6 nitrogen and oxygen atoms in total. The van der Waals surface area contributed by atoms with Crippen LogP contribution in [0.15, 0.2) is 24.5 Å². The number of rotatable bonds is 7. The number of benzene rings is 1. The number of nitrogens with one attached hydrogen (secondary N) is 1. The Morgan fingerprint density at radius 3 is 2.45 bits per heavy atom. The van der Waals surface area contributed by atoms with Crippen molar-refractivity contribution in [1.82, 2.24) is 24.8 Å². The summed E-state index contributed by atoms with van der Waals surface area (Å²) < 4.78 is 55.0. The Hall–Kier alpha value is -3.04. The summed E-state index contributed by atoms with van der Waals surface area (Å²) in [4.78, 5) is 24.7. The van der Waals surface area contributed by atoms with Gasteiger partial charge in [0.05, 0.1) is 29.5 Å². The SMILES string of the molecule is O=C(N[C@@H](CC1CC1)c1nc2cc(F)c(F)cc2n1C1CC1)c1cnc(C(F)F)cn1. The molecule has 3 aromatic rings. The molecule has 5 rings (SSSR count). The van der Waals surface area contributed by atoms with E-state index in [0.717, 1.165) is 50.2 Å². The van der Waals surface area contributed by atoms with Crippen LogP contribution in [0.3, 0.4) is 0 Å². The number of amides is 1. The number of nitrogens with zero attached hydrogens (tertiary/aromatic N) is 4. The van der Waals surface area contributed by atoms with E-state index in [1.54, 1.807) is 0 Å². The van der Waals surface area contributed by atoms with Crippen LogP contribution in [-0.2, 0) is 0 Å². The van der Waals surface area contributed by atoms with Gasteiger partial charge in [-0.05, 0) is 25.2 Å². The first-order valence-electron chi connectivity index (χ1n) is 10.2. The third-order valence-corrected chi connectivity index (χ3v) is 5.68. The van der Waals surface area contributed by atoms with Crippen LogP contribution < -0.4 is 5.32 Å². The molecule has 0 saturated heterocycles. The number of imidazole rings is 1. The van der Waals surface area contributed by atoms with Crippen LogP contribution in [0, 0.1) is 17.6 Å². The van der Waals surface area contributed by atoms with E-state index in [0.29, 0.717) is 29.2 Å². The number of alkyl halides is 2. The highest BCUT2D eigenvalue weighted by atomic mass is 19.3. The van der Waals surface area contributed by atoms with Crippen molar-refractivity contribution >= 4 is 16.9 Å². The molecule has 0 unspecified atom stereocenters. The molecule has 1 atom stereocenters. The zero-order valence-corrected chi connectivity index (χ0v) is 16.4. The zero-order chi connectivity index (χ0) is 21.7. The average molecular weight is 433 g/mol. The molecule has 2 heterocycles. The summed E-state index contributed by atoms with van der Waals surface area (Å²) in [6.07, 6.45) is 3.58. The average Bonchev–Trinajstić information content (AvgIpc) is 3.67. The zero-order valence-electron chi connectivity index (χ0n) is 16.4. The molecule has 1 N–H and O–H groups in total. The van der Waals surface area contributed by atoms with Gasteiger partial charge in [0.15, 0.2) is 11.6 Å². The molecule has 0 bridgehead atoms. The normalized spacial score (nSPS) is 17.3. The van der Waals surface area contributed by atoms with Crippen LogP contribution in [-0.4, -0.2) is 25.4 Å². The first-order chi connectivity index (χ1) is 14.9. The van der Waals surface area contributed by atoms with Gasteiger partial charge in [-0.2, -0.15) is 0 Å². The Bertz CT molecular complexity index is 1140. The third-order valence-electron chi connectivity index (χ3n) is 5.68. The molecule has 2 aromatic heterocycles. The lowest BCUT2D eigenvalue weighted by atomic mass is 10.1. The minimum absolute atomic E-state index is 0.0867. The lowest BCUT2D eigenvalue weighted by Gasteiger charge is -2.20.